The van der Waals surface area contributed by atoms with Crippen molar-refractivity contribution in [3.05, 3.63) is 90.8 Å². The third-order valence-corrected chi connectivity index (χ3v) is 6.79. The lowest BCUT2D eigenvalue weighted by Crippen LogP contribution is -2.35. The summed E-state index contributed by atoms with van der Waals surface area (Å²) in [6.07, 6.45) is 3.60. The Morgan fingerprint density at radius 3 is 2.50 bits per heavy atom. The van der Waals surface area contributed by atoms with Gasteiger partial charge in [0.2, 0.25) is 5.91 Å². The SMILES string of the molecule is CC(C)(C#N)c1ccc(N2CC(=O)Nc3cnc4ccc(-c5cnc6ccccc6c5)cc4c32)cc1. The molecule has 2 aromatic heterocycles. The Kier molecular flexibility index (Phi) is 4.94. The molecule has 0 atom stereocenters. The van der Waals surface area contributed by atoms with Crippen molar-refractivity contribution in [2.75, 3.05) is 16.8 Å². The van der Waals surface area contributed by atoms with Crippen LogP contribution in [0.5, 0.6) is 0 Å². The van der Waals surface area contributed by atoms with E-state index in [1.165, 1.54) is 0 Å². The predicted molar refractivity (Wildman–Crippen MR) is 143 cm³/mol. The highest BCUT2D eigenvalue weighted by atomic mass is 16.2. The summed E-state index contributed by atoms with van der Waals surface area (Å²) in [6.45, 7) is 3.98. The van der Waals surface area contributed by atoms with Crippen molar-refractivity contribution in [2.24, 2.45) is 0 Å². The summed E-state index contributed by atoms with van der Waals surface area (Å²) in [7, 11) is 0. The minimum absolute atomic E-state index is 0.0973. The molecule has 6 rings (SSSR count). The molecule has 1 N–H and O–H groups in total. The van der Waals surface area contributed by atoms with E-state index in [1.54, 1.807) is 6.20 Å². The van der Waals surface area contributed by atoms with Gasteiger partial charge in [0.05, 0.1) is 40.1 Å². The number of nitrogens with zero attached hydrogens (tertiary/aromatic N) is 4. The molecule has 3 heterocycles. The molecule has 174 valence electrons. The smallest absolute Gasteiger partial charge is 0.244 e. The van der Waals surface area contributed by atoms with Gasteiger partial charge in [-0.2, -0.15) is 5.26 Å². The number of hydrogen-bond acceptors (Lipinski definition) is 5. The molecule has 0 fully saturated rings. The van der Waals surface area contributed by atoms with Gasteiger partial charge in [-0.05, 0) is 61.4 Å². The number of benzene rings is 3. The van der Waals surface area contributed by atoms with E-state index >= 15 is 0 Å². The first kappa shape index (κ1) is 21.8. The number of nitrogens with one attached hydrogen (secondary N) is 1. The molecular weight excluding hydrogens is 446 g/mol. The molecule has 0 aliphatic carbocycles. The second kappa shape index (κ2) is 8.17. The van der Waals surface area contributed by atoms with Crippen LogP contribution in [0.15, 0.2) is 85.2 Å². The molecule has 5 aromatic rings. The van der Waals surface area contributed by atoms with E-state index in [1.807, 2.05) is 73.5 Å². The fraction of sp³-hybridized carbons (Fsp3) is 0.133. The van der Waals surface area contributed by atoms with Gasteiger partial charge in [0.25, 0.3) is 0 Å². The first-order chi connectivity index (χ1) is 17.4. The molecule has 0 saturated carbocycles. The number of aromatic nitrogens is 2. The average molecular weight is 470 g/mol. The summed E-state index contributed by atoms with van der Waals surface area (Å²) in [5.74, 6) is -0.0973. The van der Waals surface area contributed by atoms with Crippen molar-refractivity contribution in [3.63, 3.8) is 0 Å². The van der Waals surface area contributed by atoms with Gasteiger partial charge in [-0.3, -0.25) is 14.8 Å². The molecule has 0 spiro atoms. The van der Waals surface area contributed by atoms with Gasteiger partial charge in [0.15, 0.2) is 0 Å². The molecule has 6 heteroatoms. The third-order valence-electron chi connectivity index (χ3n) is 6.79. The van der Waals surface area contributed by atoms with Crippen LogP contribution in [0.25, 0.3) is 32.9 Å². The lowest BCUT2D eigenvalue weighted by molar-refractivity contribution is -0.115. The zero-order valence-electron chi connectivity index (χ0n) is 20.0. The number of carbonyl (C=O) groups excluding carboxylic acids is 1. The highest BCUT2D eigenvalue weighted by Crippen LogP contribution is 2.41. The van der Waals surface area contributed by atoms with E-state index in [2.05, 4.69) is 45.6 Å². The van der Waals surface area contributed by atoms with Crippen molar-refractivity contribution in [3.8, 4) is 17.2 Å². The van der Waals surface area contributed by atoms with Gasteiger partial charge < -0.3 is 10.2 Å². The van der Waals surface area contributed by atoms with E-state index in [4.69, 9.17) is 0 Å². The Balaban J connectivity index is 1.50. The lowest BCUT2D eigenvalue weighted by atomic mass is 9.86. The second-order valence-corrected chi connectivity index (χ2v) is 9.59. The first-order valence-electron chi connectivity index (χ1n) is 11.8. The number of nitriles is 1. The largest absolute Gasteiger partial charge is 0.330 e. The van der Waals surface area contributed by atoms with Crippen molar-refractivity contribution in [1.29, 1.82) is 5.26 Å². The fourth-order valence-corrected chi connectivity index (χ4v) is 4.72. The molecule has 0 saturated heterocycles. The van der Waals surface area contributed by atoms with Crippen LogP contribution in [-0.4, -0.2) is 22.4 Å². The summed E-state index contributed by atoms with van der Waals surface area (Å²) >= 11 is 0. The number of amides is 1. The highest BCUT2D eigenvalue weighted by Gasteiger charge is 2.27. The Labute approximate surface area is 208 Å². The summed E-state index contributed by atoms with van der Waals surface area (Å²) in [5, 5.41) is 14.5. The topological polar surface area (TPSA) is 81.9 Å². The first-order valence-corrected chi connectivity index (χ1v) is 11.8. The molecule has 1 aliphatic heterocycles. The molecule has 6 nitrogen and oxygen atoms in total. The maximum atomic E-state index is 12.6. The number of carbonyl (C=O) groups is 1. The molecular formula is C30H23N5O. The molecule has 1 aliphatic rings. The van der Waals surface area contributed by atoms with Gasteiger partial charge in [-0.15, -0.1) is 0 Å². The number of pyridine rings is 2. The number of fused-ring (bicyclic) bond motifs is 4. The van der Waals surface area contributed by atoms with Crippen LogP contribution in [0.1, 0.15) is 19.4 Å². The number of hydrogen-bond donors (Lipinski definition) is 1. The van der Waals surface area contributed by atoms with E-state index in [9.17, 15) is 10.1 Å². The summed E-state index contributed by atoms with van der Waals surface area (Å²) in [6, 6.07) is 26.6. The van der Waals surface area contributed by atoms with Crippen LogP contribution in [-0.2, 0) is 10.2 Å². The Morgan fingerprint density at radius 2 is 1.69 bits per heavy atom. The minimum atomic E-state index is -0.588. The van der Waals surface area contributed by atoms with Crippen molar-refractivity contribution in [1.82, 2.24) is 9.97 Å². The molecule has 0 radical (unpaired) electrons. The van der Waals surface area contributed by atoms with E-state index < -0.39 is 5.41 Å². The third kappa shape index (κ3) is 3.62. The van der Waals surface area contributed by atoms with Gasteiger partial charge in [-0.25, -0.2) is 0 Å². The Hall–Kier alpha value is -4.76. The maximum Gasteiger partial charge on any atom is 0.244 e. The number of para-hydroxylation sites is 1. The summed E-state index contributed by atoms with van der Waals surface area (Å²) in [4.78, 5) is 23.8. The quantitative estimate of drug-likeness (QED) is 0.333. The van der Waals surface area contributed by atoms with Crippen LogP contribution in [0, 0.1) is 11.3 Å². The number of rotatable bonds is 3. The van der Waals surface area contributed by atoms with Crippen molar-refractivity contribution >= 4 is 44.8 Å². The van der Waals surface area contributed by atoms with Gasteiger partial charge in [0.1, 0.15) is 6.54 Å². The normalized spacial score (nSPS) is 13.4. The van der Waals surface area contributed by atoms with Crippen LogP contribution < -0.4 is 10.2 Å². The van der Waals surface area contributed by atoms with Crippen LogP contribution in [0.3, 0.4) is 0 Å². The molecule has 0 bridgehead atoms. The van der Waals surface area contributed by atoms with Crippen LogP contribution in [0.4, 0.5) is 17.1 Å². The maximum absolute atomic E-state index is 12.6. The molecule has 36 heavy (non-hydrogen) atoms. The molecule has 1 amide bonds. The van der Waals surface area contributed by atoms with Crippen molar-refractivity contribution in [2.45, 2.75) is 19.3 Å². The number of anilines is 3. The monoisotopic (exact) mass is 469 g/mol. The highest BCUT2D eigenvalue weighted by molar-refractivity contribution is 6.11. The Morgan fingerprint density at radius 1 is 0.917 bits per heavy atom. The minimum Gasteiger partial charge on any atom is -0.330 e. The summed E-state index contributed by atoms with van der Waals surface area (Å²) in [5.41, 5.74) is 6.65. The van der Waals surface area contributed by atoms with E-state index in [0.717, 1.165) is 49.9 Å². The average Bonchev–Trinajstić information content (AvgIpc) is 2.91. The van der Waals surface area contributed by atoms with Crippen LogP contribution in [0.2, 0.25) is 0 Å². The zero-order chi connectivity index (χ0) is 24.9. The van der Waals surface area contributed by atoms with Gasteiger partial charge in [0, 0.05) is 28.2 Å². The zero-order valence-corrected chi connectivity index (χ0v) is 20.0. The lowest BCUT2D eigenvalue weighted by Gasteiger charge is -2.32. The molecule has 0 unspecified atom stereocenters. The van der Waals surface area contributed by atoms with Gasteiger partial charge in [-0.1, -0.05) is 36.4 Å². The summed E-state index contributed by atoms with van der Waals surface area (Å²) < 4.78 is 0. The molecule has 3 aromatic carbocycles. The fourth-order valence-electron chi connectivity index (χ4n) is 4.72. The second-order valence-electron chi connectivity index (χ2n) is 9.59. The predicted octanol–water partition coefficient (Wildman–Crippen LogP) is 6.34. The standard InChI is InChI=1S/C30H23N5O/c1-30(2,18-31)22-8-10-23(11-9-22)35-17-28(36)34-27-16-33-26-12-7-19(14-24(26)29(27)35)21-13-20-5-3-4-6-25(20)32-15-21/h3-16H,17H2,1-2H3,(H,34,36). The van der Waals surface area contributed by atoms with Gasteiger partial charge >= 0.3 is 0 Å². The van der Waals surface area contributed by atoms with Crippen molar-refractivity contribution < 1.29 is 4.79 Å². The van der Waals surface area contributed by atoms with Crippen LogP contribution >= 0.6 is 0 Å². The Bertz CT molecular complexity index is 1700. The van der Waals surface area contributed by atoms with E-state index in [0.29, 0.717) is 5.69 Å². The van der Waals surface area contributed by atoms with E-state index in [-0.39, 0.29) is 12.5 Å².